The third kappa shape index (κ3) is 4.83. The summed E-state index contributed by atoms with van der Waals surface area (Å²) < 4.78 is 19.5. The van der Waals surface area contributed by atoms with Gasteiger partial charge >= 0.3 is 0 Å². The van der Waals surface area contributed by atoms with Crippen molar-refractivity contribution in [3.63, 3.8) is 0 Å². The summed E-state index contributed by atoms with van der Waals surface area (Å²) in [6, 6.07) is 10.1. The van der Waals surface area contributed by atoms with Crippen LogP contribution in [0.15, 0.2) is 40.8 Å². The van der Waals surface area contributed by atoms with Crippen LogP contribution >= 0.6 is 12.4 Å². The molecule has 0 spiro atoms. The Kier molecular flexibility index (Phi) is 7.02. The monoisotopic (exact) mass is 366 g/mol. The molecular formula is C19H24ClFN2O2. The van der Waals surface area contributed by atoms with Crippen LogP contribution in [0.3, 0.4) is 0 Å². The molecule has 1 aliphatic heterocycles. The SMILES string of the molecule is CNCC1CCN(C(=O)CCc2ccc(-c3ccccc3F)o2)C1.Cl. The summed E-state index contributed by atoms with van der Waals surface area (Å²) >= 11 is 0. The molecule has 1 N–H and O–H groups in total. The van der Waals surface area contributed by atoms with Crippen molar-refractivity contribution >= 4 is 18.3 Å². The van der Waals surface area contributed by atoms with Gasteiger partial charge in [0.2, 0.25) is 5.91 Å². The molecule has 1 saturated heterocycles. The summed E-state index contributed by atoms with van der Waals surface area (Å²) in [6.45, 7) is 2.62. The van der Waals surface area contributed by atoms with Crippen LogP contribution in [-0.2, 0) is 11.2 Å². The lowest BCUT2D eigenvalue weighted by molar-refractivity contribution is -0.130. The van der Waals surface area contributed by atoms with Crippen LogP contribution in [0, 0.1) is 11.7 Å². The maximum absolute atomic E-state index is 13.8. The van der Waals surface area contributed by atoms with Crippen molar-refractivity contribution in [1.29, 1.82) is 0 Å². The van der Waals surface area contributed by atoms with Gasteiger partial charge in [0.1, 0.15) is 17.3 Å². The number of nitrogens with one attached hydrogen (secondary N) is 1. The Balaban J connectivity index is 0.00000225. The van der Waals surface area contributed by atoms with E-state index in [2.05, 4.69) is 5.32 Å². The van der Waals surface area contributed by atoms with Gasteiger partial charge in [-0.05, 0) is 50.2 Å². The Bertz CT molecular complexity index is 704. The smallest absolute Gasteiger partial charge is 0.223 e. The Morgan fingerprint density at radius 3 is 2.88 bits per heavy atom. The molecule has 25 heavy (non-hydrogen) atoms. The first-order valence-electron chi connectivity index (χ1n) is 8.43. The second-order valence-electron chi connectivity index (χ2n) is 6.30. The molecule has 1 fully saturated rings. The summed E-state index contributed by atoms with van der Waals surface area (Å²) in [4.78, 5) is 14.2. The second-order valence-corrected chi connectivity index (χ2v) is 6.30. The minimum atomic E-state index is -0.304. The van der Waals surface area contributed by atoms with Gasteiger partial charge in [-0.15, -0.1) is 12.4 Å². The van der Waals surface area contributed by atoms with Crippen molar-refractivity contribution in [3.05, 3.63) is 48.0 Å². The summed E-state index contributed by atoms with van der Waals surface area (Å²) in [5.41, 5.74) is 0.449. The molecule has 1 unspecified atom stereocenters. The number of amides is 1. The van der Waals surface area contributed by atoms with E-state index in [9.17, 15) is 9.18 Å². The fourth-order valence-electron chi connectivity index (χ4n) is 3.22. The number of carbonyl (C=O) groups is 1. The lowest BCUT2D eigenvalue weighted by Gasteiger charge is -2.16. The molecular weight excluding hydrogens is 343 g/mol. The molecule has 1 aliphatic rings. The van der Waals surface area contributed by atoms with Crippen LogP contribution < -0.4 is 5.32 Å². The molecule has 1 aromatic heterocycles. The molecule has 2 aromatic rings. The molecule has 136 valence electrons. The second kappa shape index (κ2) is 9.02. The molecule has 1 aromatic carbocycles. The van der Waals surface area contributed by atoms with Gasteiger partial charge in [-0.1, -0.05) is 12.1 Å². The van der Waals surface area contributed by atoms with Crippen molar-refractivity contribution in [2.24, 2.45) is 5.92 Å². The van der Waals surface area contributed by atoms with Gasteiger partial charge in [-0.2, -0.15) is 0 Å². The van der Waals surface area contributed by atoms with E-state index in [0.717, 1.165) is 26.1 Å². The quantitative estimate of drug-likeness (QED) is 0.851. The molecule has 6 heteroatoms. The van der Waals surface area contributed by atoms with E-state index in [1.165, 1.54) is 6.07 Å². The Morgan fingerprint density at radius 2 is 2.12 bits per heavy atom. The van der Waals surface area contributed by atoms with Gasteiger partial charge in [-0.25, -0.2) is 4.39 Å². The van der Waals surface area contributed by atoms with E-state index in [4.69, 9.17) is 4.42 Å². The molecule has 4 nitrogen and oxygen atoms in total. The number of likely N-dealkylation sites (tertiary alicyclic amines) is 1. The number of hydrogen-bond donors (Lipinski definition) is 1. The predicted molar refractivity (Wildman–Crippen MR) is 98.3 cm³/mol. The lowest BCUT2D eigenvalue weighted by atomic mass is 10.1. The van der Waals surface area contributed by atoms with Crippen LogP contribution in [0.1, 0.15) is 18.6 Å². The highest BCUT2D eigenvalue weighted by Crippen LogP contribution is 2.25. The third-order valence-electron chi connectivity index (χ3n) is 4.52. The minimum Gasteiger partial charge on any atom is -0.461 e. The van der Waals surface area contributed by atoms with Crippen molar-refractivity contribution in [2.75, 3.05) is 26.7 Å². The van der Waals surface area contributed by atoms with Gasteiger partial charge in [0.05, 0.1) is 5.56 Å². The Morgan fingerprint density at radius 1 is 1.32 bits per heavy atom. The number of halogens is 2. The lowest BCUT2D eigenvalue weighted by Crippen LogP contribution is -2.30. The topological polar surface area (TPSA) is 45.5 Å². The molecule has 0 aliphatic carbocycles. The first kappa shape index (κ1) is 19.5. The van der Waals surface area contributed by atoms with Gasteiger partial charge in [0.25, 0.3) is 0 Å². The summed E-state index contributed by atoms with van der Waals surface area (Å²) in [7, 11) is 1.94. The molecule has 3 rings (SSSR count). The van der Waals surface area contributed by atoms with Crippen LogP contribution in [-0.4, -0.2) is 37.5 Å². The minimum absolute atomic E-state index is 0. The standard InChI is InChI=1S/C19H23FN2O2.ClH/c1-21-12-14-10-11-22(13-14)19(23)9-7-15-6-8-18(24-15)16-4-2-3-5-17(16)20;/h2-6,8,14,21H,7,9-13H2,1H3;1H. The normalized spacial score (nSPS) is 16.7. The zero-order chi connectivity index (χ0) is 16.9. The molecule has 2 heterocycles. The summed E-state index contributed by atoms with van der Waals surface area (Å²) in [5, 5.41) is 3.17. The average molecular weight is 367 g/mol. The number of furan rings is 1. The maximum atomic E-state index is 13.8. The van der Waals surface area contributed by atoms with Gasteiger partial charge < -0.3 is 14.6 Å². The fraction of sp³-hybridized carbons (Fsp3) is 0.421. The third-order valence-corrected chi connectivity index (χ3v) is 4.52. The highest BCUT2D eigenvalue weighted by Gasteiger charge is 2.25. The number of nitrogens with zero attached hydrogens (tertiary/aromatic N) is 1. The van der Waals surface area contributed by atoms with E-state index >= 15 is 0 Å². The molecule has 0 saturated carbocycles. The van der Waals surface area contributed by atoms with E-state index < -0.39 is 0 Å². The van der Waals surface area contributed by atoms with Gasteiger partial charge in [-0.3, -0.25) is 4.79 Å². The maximum Gasteiger partial charge on any atom is 0.223 e. The number of aryl methyl sites for hydroxylation is 1. The van der Waals surface area contributed by atoms with Crippen molar-refractivity contribution in [2.45, 2.75) is 19.3 Å². The van der Waals surface area contributed by atoms with E-state index in [-0.39, 0.29) is 24.1 Å². The first-order valence-corrected chi connectivity index (χ1v) is 8.43. The van der Waals surface area contributed by atoms with Crippen LogP contribution in [0.4, 0.5) is 4.39 Å². The van der Waals surface area contributed by atoms with E-state index in [0.29, 0.717) is 35.8 Å². The fourth-order valence-corrected chi connectivity index (χ4v) is 3.22. The van der Waals surface area contributed by atoms with Crippen molar-refractivity contribution in [1.82, 2.24) is 10.2 Å². The largest absolute Gasteiger partial charge is 0.461 e. The summed E-state index contributed by atoms with van der Waals surface area (Å²) in [6.07, 6.45) is 2.03. The van der Waals surface area contributed by atoms with Crippen molar-refractivity contribution < 1.29 is 13.6 Å². The molecule has 0 radical (unpaired) electrons. The van der Waals surface area contributed by atoms with Crippen molar-refractivity contribution in [3.8, 4) is 11.3 Å². The van der Waals surface area contributed by atoms with E-state index in [1.807, 2.05) is 18.0 Å². The van der Waals surface area contributed by atoms with Crippen LogP contribution in [0.5, 0.6) is 0 Å². The average Bonchev–Trinajstić information content (AvgIpc) is 3.23. The van der Waals surface area contributed by atoms with Gasteiger partial charge in [0, 0.05) is 25.9 Å². The van der Waals surface area contributed by atoms with Crippen LogP contribution in [0.25, 0.3) is 11.3 Å². The Labute approximate surface area is 153 Å². The highest BCUT2D eigenvalue weighted by atomic mass is 35.5. The number of hydrogen-bond acceptors (Lipinski definition) is 3. The molecule has 0 bridgehead atoms. The Hall–Kier alpha value is -1.85. The van der Waals surface area contributed by atoms with Gasteiger partial charge in [0.15, 0.2) is 0 Å². The highest BCUT2D eigenvalue weighted by molar-refractivity contribution is 5.85. The summed E-state index contributed by atoms with van der Waals surface area (Å²) in [5.74, 6) is 1.63. The zero-order valence-corrected chi connectivity index (χ0v) is 15.2. The van der Waals surface area contributed by atoms with E-state index in [1.54, 1.807) is 24.3 Å². The number of benzene rings is 1. The zero-order valence-electron chi connectivity index (χ0n) is 14.3. The first-order chi connectivity index (χ1) is 11.7. The number of carbonyl (C=O) groups excluding carboxylic acids is 1. The predicted octanol–water partition coefficient (Wildman–Crippen LogP) is 3.51. The van der Waals surface area contributed by atoms with Crippen LogP contribution in [0.2, 0.25) is 0 Å². The number of rotatable bonds is 6. The molecule has 1 amide bonds. The molecule has 1 atom stereocenters.